The second-order valence-electron chi connectivity index (χ2n) is 10.7. The van der Waals surface area contributed by atoms with Crippen LogP contribution in [0, 0.1) is 12.0 Å². The number of nitrogens with zero attached hydrogens (tertiary/aromatic N) is 2. The molecule has 172 valence electrons. The first kappa shape index (κ1) is 22.6. The standard InChI is InChI=1S/C31H32N2S/c1-20(2)13-25-19-34-29-17-24(18-32-30(25)29)21-11-12-33(6)28(16-21)23-14-22-9-7-8-10-26(22)27(15-23)31(3,4)5/h7-12,14-20H,6,13H2,1-5H3. The fraction of sp³-hybridized carbons (Fsp3) is 0.258. The van der Waals surface area contributed by atoms with Crippen LogP contribution in [0.4, 0.5) is 0 Å². The lowest BCUT2D eigenvalue weighted by atomic mass is 9.81. The number of fused-ring (bicyclic) bond motifs is 2. The molecule has 0 N–H and O–H groups in total. The molecule has 0 spiro atoms. The highest BCUT2D eigenvalue weighted by Crippen LogP contribution is 2.36. The number of rotatable bonds is 4. The number of benzene rings is 2. The molecule has 1 aliphatic heterocycles. The molecular formula is C31H32N2S. The van der Waals surface area contributed by atoms with Gasteiger partial charge in [-0.25, -0.2) is 0 Å². The van der Waals surface area contributed by atoms with Gasteiger partial charge in [-0.3, -0.25) is 9.56 Å². The third-order valence-corrected chi connectivity index (χ3v) is 7.42. The molecule has 3 heterocycles. The van der Waals surface area contributed by atoms with Gasteiger partial charge in [0, 0.05) is 5.52 Å². The lowest BCUT2D eigenvalue weighted by molar-refractivity contribution is -0.417. The van der Waals surface area contributed by atoms with Gasteiger partial charge >= 0.3 is 0 Å². The molecule has 3 heteroatoms. The van der Waals surface area contributed by atoms with Crippen LogP contribution < -0.4 is 0 Å². The molecule has 2 aromatic carbocycles. The van der Waals surface area contributed by atoms with Gasteiger partial charge in [-0.15, -0.1) is 0 Å². The molecule has 0 aliphatic carbocycles. The zero-order valence-electron chi connectivity index (χ0n) is 20.7. The number of allylic oxidation sites excluding steroid dienone is 2. The van der Waals surface area contributed by atoms with Crippen LogP contribution in [0.5, 0.6) is 0 Å². The van der Waals surface area contributed by atoms with Crippen molar-refractivity contribution in [2.45, 2.75) is 46.5 Å². The third-order valence-electron chi connectivity index (χ3n) is 6.45. The van der Waals surface area contributed by atoms with Crippen LogP contribution >= 0.6 is 11.3 Å². The molecule has 5 rings (SSSR count). The van der Waals surface area contributed by atoms with Crippen molar-refractivity contribution in [3.05, 3.63) is 101 Å². The summed E-state index contributed by atoms with van der Waals surface area (Å²) in [6.07, 6.45) is 9.52. The van der Waals surface area contributed by atoms with Crippen LogP contribution in [0.1, 0.15) is 56.9 Å². The molecular weight excluding hydrogens is 432 g/mol. The van der Waals surface area contributed by atoms with Crippen molar-refractivity contribution in [2.75, 3.05) is 0 Å². The Morgan fingerprint density at radius 1 is 1.15 bits per heavy atom. The summed E-state index contributed by atoms with van der Waals surface area (Å²) in [7, 11) is 0. The Hall–Kier alpha value is -3.17. The Morgan fingerprint density at radius 2 is 1.94 bits per heavy atom. The normalized spacial score (nSPS) is 14.5. The molecule has 0 saturated carbocycles. The van der Waals surface area contributed by atoms with Crippen molar-refractivity contribution in [1.82, 2.24) is 4.98 Å². The summed E-state index contributed by atoms with van der Waals surface area (Å²) < 4.78 is 3.22. The molecule has 2 aromatic heterocycles. The van der Waals surface area contributed by atoms with Gasteiger partial charge in [0.25, 0.3) is 0 Å². The van der Waals surface area contributed by atoms with Crippen molar-refractivity contribution in [3.8, 4) is 0 Å². The highest BCUT2D eigenvalue weighted by atomic mass is 32.1. The Bertz CT molecular complexity index is 1460. The van der Waals surface area contributed by atoms with E-state index < -0.39 is 0 Å². The number of hydrogen-bond donors (Lipinski definition) is 0. The molecule has 2 nitrogen and oxygen atoms in total. The third kappa shape index (κ3) is 4.21. The summed E-state index contributed by atoms with van der Waals surface area (Å²) in [6.45, 7) is 15.6. The zero-order valence-corrected chi connectivity index (χ0v) is 21.5. The van der Waals surface area contributed by atoms with E-state index in [1.807, 2.05) is 10.8 Å². The monoisotopic (exact) mass is 464 g/mol. The molecule has 0 amide bonds. The van der Waals surface area contributed by atoms with E-state index in [4.69, 9.17) is 4.98 Å². The van der Waals surface area contributed by atoms with Crippen LogP contribution in [-0.4, -0.2) is 16.3 Å². The fourth-order valence-electron chi connectivity index (χ4n) is 4.75. The molecule has 0 bridgehead atoms. The van der Waals surface area contributed by atoms with Crippen LogP contribution in [0.25, 0.3) is 26.6 Å². The van der Waals surface area contributed by atoms with E-state index in [9.17, 15) is 0 Å². The lowest BCUT2D eigenvalue weighted by Crippen LogP contribution is -2.17. The van der Waals surface area contributed by atoms with Crippen molar-refractivity contribution >= 4 is 44.6 Å². The Kier molecular flexibility index (Phi) is 5.69. The summed E-state index contributed by atoms with van der Waals surface area (Å²) in [5.41, 5.74) is 7.39. The predicted molar refractivity (Wildman–Crippen MR) is 148 cm³/mol. The van der Waals surface area contributed by atoms with Crippen LogP contribution in [-0.2, 0) is 11.8 Å². The lowest BCUT2D eigenvalue weighted by Gasteiger charge is -2.27. The fourth-order valence-corrected chi connectivity index (χ4v) is 5.71. The number of pyridine rings is 1. The smallest absolute Gasteiger partial charge is 0.165 e. The largest absolute Gasteiger partial charge is 0.281 e. The minimum absolute atomic E-state index is 0.0427. The van der Waals surface area contributed by atoms with E-state index >= 15 is 0 Å². The van der Waals surface area contributed by atoms with Crippen molar-refractivity contribution in [3.63, 3.8) is 0 Å². The van der Waals surface area contributed by atoms with Gasteiger partial charge in [0.05, 0.1) is 12.1 Å². The maximum atomic E-state index is 4.87. The summed E-state index contributed by atoms with van der Waals surface area (Å²) in [5, 5.41) is 4.84. The average Bonchev–Trinajstić information content (AvgIpc) is 3.19. The second kappa shape index (κ2) is 8.56. The summed E-state index contributed by atoms with van der Waals surface area (Å²) in [5.74, 6) is 0.628. The van der Waals surface area contributed by atoms with Gasteiger partial charge in [-0.2, -0.15) is 0 Å². The van der Waals surface area contributed by atoms with Gasteiger partial charge in [0.15, 0.2) is 4.70 Å². The van der Waals surface area contributed by atoms with Crippen LogP contribution in [0.15, 0.2) is 72.4 Å². The topological polar surface area (TPSA) is 15.9 Å². The van der Waals surface area contributed by atoms with Gasteiger partial charge in [-0.05, 0) is 34.0 Å². The van der Waals surface area contributed by atoms with Crippen molar-refractivity contribution in [2.24, 2.45) is 5.92 Å². The molecule has 0 unspecified atom stereocenters. The van der Waals surface area contributed by atoms with Crippen LogP contribution in [0.2, 0.25) is 0 Å². The first-order valence-electron chi connectivity index (χ1n) is 12.0. The Balaban J connectivity index is 1.57. The van der Waals surface area contributed by atoms with Gasteiger partial charge < -0.3 is 0 Å². The predicted octanol–water partition coefficient (Wildman–Crippen LogP) is 8.15. The summed E-state index contributed by atoms with van der Waals surface area (Å²) >= 11 is 1.79. The first-order chi connectivity index (χ1) is 16.2. The summed E-state index contributed by atoms with van der Waals surface area (Å²) in [4.78, 5) is 4.87. The van der Waals surface area contributed by atoms with Crippen molar-refractivity contribution < 1.29 is 4.58 Å². The number of thiophene rings is 1. The van der Waals surface area contributed by atoms with Gasteiger partial charge in [0.2, 0.25) is 0 Å². The quantitative estimate of drug-likeness (QED) is 0.169. The maximum Gasteiger partial charge on any atom is 0.165 e. The van der Waals surface area contributed by atoms with E-state index in [2.05, 4.69) is 108 Å². The maximum absolute atomic E-state index is 4.87. The molecule has 0 radical (unpaired) electrons. The first-order valence-corrected chi connectivity index (χ1v) is 12.9. The molecule has 1 aliphatic rings. The van der Waals surface area contributed by atoms with E-state index in [-0.39, 0.29) is 5.41 Å². The van der Waals surface area contributed by atoms with E-state index in [1.54, 1.807) is 11.3 Å². The SMILES string of the molecule is C=[N+]1C=CC(c2cnc3c(CC(C)C)c[s+][c-]3c2)=C[C-]1c1cc(C(C)(C)C)c2ccccc2c1. The van der Waals surface area contributed by atoms with E-state index in [1.165, 1.54) is 32.2 Å². The average molecular weight is 465 g/mol. The van der Waals surface area contributed by atoms with E-state index in [0.29, 0.717) is 5.92 Å². The Labute approximate surface area is 207 Å². The highest BCUT2D eigenvalue weighted by molar-refractivity contribution is 7.17. The van der Waals surface area contributed by atoms with E-state index in [0.717, 1.165) is 29.1 Å². The molecule has 0 atom stereocenters. The zero-order chi connectivity index (χ0) is 24.0. The molecule has 4 aromatic rings. The van der Waals surface area contributed by atoms with Gasteiger partial charge in [0.1, 0.15) is 23.6 Å². The molecule has 34 heavy (non-hydrogen) atoms. The van der Waals surface area contributed by atoms with Gasteiger partial charge in [-0.1, -0.05) is 118 Å². The molecule has 0 saturated heterocycles. The number of hydrogen-bond acceptors (Lipinski definition) is 1. The Morgan fingerprint density at radius 3 is 2.71 bits per heavy atom. The number of aromatic nitrogens is 1. The summed E-state index contributed by atoms with van der Waals surface area (Å²) in [6, 6.07) is 16.7. The second-order valence-corrected chi connectivity index (χ2v) is 11.6. The minimum atomic E-state index is 0.0427. The van der Waals surface area contributed by atoms with Crippen LogP contribution in [0.3, 0.4) is 0 Å². The minimum Gasteiger partial charge on any atom is -0.281 e. The highest BCUT2D eigenvalue weighted by Gasteiger charge is 2.22. The molecule has 0 fully saturated rings. The van der Waals surface area contributed by atoms with Crippen molar-refractivity contribution in [1.29, 1.82) is 0 Å².